The zero-order chi connectivity index (χ0) is 18.4. The fourth-order valence-electron chi connectivity index (χ4n) is 2.27. The number of nitrogens with one attached hydrogen (secondary N) is 1. The molecule has 0 unspecified atom stereocenters. The molecular weight excluding hydrogens is 318 g/mol. The molecule has 0 bridgehead atoms. The Hall–Kier alpha value is -2.82. The second-order valence-electron chi connectivity index (χ2n) is 5.98. The van der Waals surface area contributed by atoms with E-state index in [4.69, 9.17) is 9.47 Å². The number of carbonyl (C=O) groups excluding carboxylic acids is 2. The van der Waals surface area contributed by atoms with Gasteiger partial charge in [0.1, 0.15) is 5.75 Å². The lowest BCUT2D eigenvalue weighted by Crippen LogP contribution is -2.31. The SMILES string of the molecule is Cc1cccc(NC(=O)[C@@H](C)OC(=O)COc2cccc(C)c2C)c1. The zero-order valence-electron chi connectivity index (χ0n) is 15.0. The number of esters is 1. The molecule has 5 heteroatoms. The van der Waals surface area contributed by atoms with Gasteiger partial charge in [-0.15, -0.1) is 0 Å². The van der Waals surface area contributed by atoms with Crippen molar-refractivity contribution in [3.05, 3.63) is 59.2 Å². The van der Waals surface area contributed by atoms with E-state index in [-0.39, 0.29) is 12.5 Å². The first-order valence-corrected chi connectivity index (χ1v) is 8.13. The van der Waals surface area contributed by atoms with Crippen molar-refractivity contribution in [1.29, 1.82) is 0 Å². The number of ether oxygens (including phenoxy) is 2. The molecule has 1 amide bonds. The van der Waals surface area contributed by atoms with Gasteiger partial charge in [0.15, 0.2) is 12.7 Å². The molecule has 132 valence electrons. The third-order valence-electron chi connectivity index (χ3n) is 3.86. The average molecular weight is 341 g/mol. The van der Waals surface area contributed by atoms with Crippen molar-refractivity contribution in [3.8, 4) is 5.75 Å². The van der Waals surface area contributed by atoms with Gasteiger partial charge in [0.2, 0.25) is 0 Å². The molecule has 2 rings (SSSR count). The quantitative estimate of drug-likeness (QED) is 0.816. The molecule has 25 heavy (non-hydrogen) atoms. The molecule has 5 nitrogen and oxygen atoms in total. The lowest BCUT2D eigenvalue weighted by Gasteiger charge is -2.15. The van der Waals surface area contributed by atoms with Gasteiger partial charge in [0, 0.05) is 5.69 Å². The molecule has 0 aliphatic carbocycles. The monoisotopic (exact) mass is 341 g/mol. The average Bonchev–Trinajstić information content (AvgIpc) is 2.56. The molecule has 0 saturated heterocycles. The molecule has 0 aliphatic heterocycles. The Morgan fingerprint density at radius 1 is 1.08 bits per heavy atom. The summed E-state index contributed by atoms with van der Waals surface area (Å²) in [5, 5.41) is 2.72. The van der Waals surface area contributed by atoms with E-state index in [9.17, 15) is 9.59 Å². The maximum atomic E-state index is 12.1. The minimum atomic E-state index is -0.907. The van der Waals surface area contributed by atoms with Crippen molar-refractivity contribution in [3.63, 3.8) is 0 Å². The van der Waals surface area contributed by atoms with E-state index >= 15 is 0 Å². The summed E-state index contributed by atoms with van der Waals surface area (Å²) in [5.41, 5.74) is 3.75. The van der Waals surface area contributed by atoms with Gasteiger partial charge < -0.3 is 14.8 Å². The molecule has 2 aromatic carbocycles. The molecule has 0 spiro atoms. The van der Waals surface area contributed by atoms with Crippen LogP contribution in [0.4, 0.5) is 5.69 Å². The number of benzene rings is 2. The highest BCUT2D eigenvalue weighted by Crippen LogP contribution is 2.20. The summed E-state index contributed by atoms with van der Waals surface area (Å²) in [6.07, 6.45) is -0.907. The lowest BCUT2D eigenvalue weighted by molar-refractivity contribution is -0.155. The molecule has 0 heterocycles. The van der Waals surface area contributed by atoms with Crippen molar-refractivity contribution in [2.24, 2.45) is 0 Å². The Morgan fingerprint density at radius 2 is 1.80 bits per heavy atom. The highest BCUT2D eigenvalue weighted by atomic mass is 16.6. The Kier molecular flexibility index (Phi) is 6.17. The minimum absolute atomic E-state index is 0.244. The van der Waals surface area contributed by atoms with Crippen LogP contribution in [0.5, 0.6) is 5.75 Å². The second-order valence-corrected chi connectivity index (χ2v) is 5.98. The Labute approximate surface area is 148 Å². The normalized spacial score (nSPS) is 11.5. The summed E-state index contributed by atoms with van der Waals surface area (Å²) in [7, 11) is 0. The standard InChI is InChI=1S/C20H23NO4/c1-13-7-5-9-17(11-13)21-20(23)16(4)25-19(22)12-24-18-10-6-8-14(2)15(18)3/h5-11,16H,12H2,1-4H3,(H,21,23)/t16-/m1/s1. The van der Waals surface area contributed by atoms with Crippen LogP contribution >= 0.6 is 0 Å². The first kappa shape index (κ1) is 18.5. The summed E-state index contributed by atoms with van der Waals surface area (Å²) in [5.74, 6) is -0.340. The highest BCUT2D eigenvalue weighted by Gasteiger charge is 2.18. The Bertz CT molecular complexity index is 770. The predicted molar refractivity (Wildman–Crippen MR) is 96.8 cm³/mol. The first-order chi connectivity index (χ1) is 11.9. The molecule has 0 fully saturated rings. The van der Waals surface area contributed by atoms with Gasteiger partial charge in [-0.2, -0.15) is 0 Å². The van der Waals surface area contributed by atoms with Gasteiger partial charge in [0.25, 0.3) is 5.91 Å². The maximum absolute atomic E-state index is 12.1. The largest absolute Gasteiger partial charge is 0.482 e. The van der Waals surface area contributed by atoms with Crippen molar-refractivity contribution < 1.29 is 19.1 Å². The van der Waals surface area contributed by atoms with Crippen LogP contribution in [-0.4, -0.2) is 24.6 Å². The van der Waals surface area contributed by atoms with Crippen LogP contribution in [0, 0.1) is 20.8 Å². The molecule has 0 radical (unpaired) electrons. The minimum Gasteiger partial charge on any atom is -0.482 e. The highest BCUT2D eigenvalue weighted by molar-refractivity contribution is 5.95. The second kappa shape index (κ2) is 8.33. The lowest BCUT2D eigenvalue weighted by atomic mass is 10.1. The Balaban J connectivity index is 1.85. The van der Waals surface area contributed by atoms with E-state index in [0.29, 0.717) is 11.4 Å². The van der Waals surface area contributed by atoms with E-state index in [1.807, 2.05) is 51.1 Å². The van der Waals surface area contributed by atoms with E-state index < -0.39 is 12.1 Å². The number of anilines is 1. The van der Waals surface area contributed by atoms with Crippen LogP contribution in [0.15, 0.2) is 42.5 Å². The molecule has 0 saturated carbocycles. The number of hydrogen-bond donors (Lipinski definition) is 1. The smallest absolute Gasteiger partial charge is 0.344 e. The van der Waals surface area contributed by atoms with Gasteiger partial charge in [-0.05, 0) is 62.6 Å². The molecular formula is C20H23NO4. The number of rotatable bonds is 6. The van der Waals surface area contributed by atoms with E-state index in [2.05, 4.69) is 5.32 Å². The molecule has 2 aromatic rings. The summed E-state index contributed by atoms with van der Waals surface area (Å²) >= 11 is 0. The van der Waals surface area contributed by atoms with Gasteiger partial charge in [0.05, 0.1) is 0 Å². The van der Waals surface area contributed by atoms with Crippen LogP contribution in [0.3, 0.4) is 0 Å². The van der Waals surface area contributed by atoms with Crippen molar-refractivity contribution in [2.45, 2.75) is 33.8 Å². The molecule has 1 N–H and O–H groups in total. The maximum Gasteiger partial charge on any atom is 0.344 e. The number of amides is 1. The number of carbonyl (C=O) groups is 2. The first-order valence-electron chi connectivity index (χ1n) is 8.13. The summed E-state index contributed by atoms with van der Waals surface area (Å²) in [6.45, 7) is 7.11. The van der Waals surface area contributed by atoms with Gasteiger partial charge in [-0.3, -0.25) is 4.79 Å². The van der Waals surface area contributed by atoms with Crippen molar-refractivity contribution >= 4 is 17.6 Å². The predicted octanol–water partition coefficient (Wildman–Crippen LogP) is 3.56. The summed E-state index contributed by atoms with van der Waals surface area (Å²) < 4.78 is 10.6. The molecule has 0 aromatic heterocycles. The molecule has 0 aliphatic rings. The fraction of sp³-hybridized carbons (Fsp3) is 0.300. The van der Waals surface area contributed by atoms with E-state index in [1.54, 1.807) is 12.1 Å². The van der Waals surface area contributed by atoms with Crippen LogP contribution in [-0.2, 0) is 14.3 Å². The fourth-order valence-corrected chi connectivity index (χ4v) is 2.27. The summed E-state index contributed by atoms with van der Waals surface area (Å²) in [6, 6.07) is 13.0. The Morgan fingerprint density at radius 3 is 2.52 bits per heavy atom. The van der Waals surface area contributed by atoms with Crippen molar-refractivity contribution in [2.75, 3.05) is 11.9 Å². The topological polar surface area (TPSA) is 64.6 Å². The molecule has 1 atom stereocenters. The van der Waals surface area contributed by atoms with E-state index in [0.717, 1.165) is 16.7 Å². The van der Waals surface area contributed by atoms with Gasteiger partial charge in [-0.25, -0.2) is 4.79 Å². The van der Waals surface area contributed by atoms with Crippen LogP contribution < -0.4 is 10.1 Å². The number of hydrogen-bond acceptors (Lipinski definition) is 4. The number of aryl methyl sites for hydroxylation is 2. The van der Waals surface area contributed by atoms with Crippen LogP contribution in [0.2, 0.25) is 0 Å². The summed E-state index contributed by atoms with van der Waals surface area (Å²) in [4.78, 5) is 24.0. The third kappa shape index (κ3) is 5.35. The van der Waals surface area contributed by atoms with Gasteiger partial charge in [-0.1, -0.05) is 24.3 Å². The van der Waals surface area contributed by atoms with Crippen LogP contribution in [0.25, 0.3) is 0 Å². The van der Waals surface area contributed by atoms with Gasteiger partial charge >= 0.3 is 5.97 Å². The van der Waals surface area contributed by atoms with E-state index in [1.165, 1.54) is 6.92 Å². The zero-order valence-corrected chi connectivity index (χ0v) is 15.0. The third-order valence-corrected chi connectivity index (χ3v) is 3.86. The van der Waals surface area contributed by atoms with Crippen LogP contribution in [0.1, 0.15) is 23.6 Å². The van der Waals surface area contributed by atoms with Crippen molar-refractivity contribution in [1.82, 2.24) is 0 Å².